The van der Waals surface area contributed by atoms with Crippen LogP contribution in [-0.4, -0.2) is 47.2 Å². The summed E-state index contributed by atoms with van der Waals surface area (Å²) in [5.41, 5.74) is 3.45. The molecule has 1 fully saturated rings. The number of hydrogen-bond donors (Lipinski definition) is 2. The van der Waals surface area contributed by atoms with Crippen LogP contribution in [0.4, 0.5) is 0 Å². The van der Waals surface area contributed by atoms with E-state index in [2.05, 4.69) is 29.2 Å². The highest BCUT2D eigenvalue weighted by atomic mass is 16.5. The fourth-order valence-electron chi connectivity index (χ4n) is 4.62. The number of aliphatic hydroxyl groups is 1. The standard InChI is InChI=1S/C21H26N2O3/c24-14-15-26-19-7-8-21(17-5-2-1-4-16(17)19)9-12-23(13-10-21)20(25)18-6-3-11-22-18/h1-6,11,19,22,24H,7-10,12-15H2/t19-/m0/s1. The highest BCUT2D eigenvalue weighted by molar-refractivity contribution is 5.92. The van der Waals surface area contributed by atoms with Gasteiger partial charge in [0.15, 0.2) is 0 Å². The van der Waals surface area contributed by atoms with E-state index >= 15 is 0 Å². The molecule has 5 heteroatoms. The maximum Gasteiger partial charge on any atom is 0.270 e. The van der Waals surface area contributed by atoms with Crippen LogP contribution in [0, 0.1) is 0 Å². The van der Waals surface area contributed by atoms with Crippen molar-refractivity contribution in [2.45, 2.75) is 37.2 Å². The Bertz CT molecular complexity index is 748. The second kappa shape index (κ2) is 7.25. The topological polar surface area (TPSA) is 65.6 Å². The molecule has 4 rings (SSSR count). The molecule has 1 aliphatic carbocycles. The van der Waals surface area contributed by atoms with Crippen LogP contribution in [0.5, 0.6) is 0 Å². The Hall–Kier alpha value is -2.11. The number of carbonyl (C=O) groups excluding carboxylic acids is 1. The van der Waals surface area contributed by atoms with Gasteiger partial charge in [-0.3, -0.25) is 4.79 Å². The van der Waals surface area contributed by atoms with Gasteiger partial charge in [-0.05, 0) is 54.4 Å². The number of ether oxygens (including phenoxy) is 1. The van der Waals surface area contributed by atoms with Gasteiger partial charge in [-0.1, -0.05) is 24.3 Å². The molecule has 1 atom stereocenters. The van der Waals surface area contributed by atoms with E-state index in [1.54, 1.807) is 6.20 Å². The van der Waals surface area contributed by atoms with Gasteiger partial charge in [-0.25, -0.2) is 0 Å². The first kappa shape index (κ1) is 17.3. The Labute approximate surface area is 154 Å². The van der Waals surface area contributed by atoms with E-state index in [1.807, 2.05) is 17.0 Å². The summed E-state index contributed by atoms with van der Waals surface area (Å²) in [4.78, 5) is 17.6. The van der Waals surface area contributed by atoms with Crippen LogP contribution in [0.2, 0.25) is 0 Å². The summed E-state index contributed by atoms with van der Waals surface area (Å²) in [6.07, 6.45) is 5.89. The first-order valence-electron chi connectivity index (χ1n) is 9.48. The molecule has 5 nitrogen and oxygen atoms in total. The van der Waals surface area contributed by atoms with E-state index in [4.69, 9.17) is 9.84 Å². The predicted octanol–water partition coefficient (Wildman–Crippen LogP) is 3.03. The smallest absolute Gasteiger partial charge is 0.270 e. The average Bonchev–Trinajstić information content (AvgIpc) is 3.23. The fraction of sp³-hybridized carbons (Fsp3) is 0.476. The average molecular weight is 354 g/mol. The molecule has 1 saturated heterocycles. The van der Waals surface area contributed by atoms with Crippen LogP contribution in [0.25, 0.3) is 0 Å². The molecule has 0 radical (unpaired) electrons. The zero-order valence-electron chi connectivity index (χ0n) is 15.0. The van der Waals surface area contributed by atoms with E-state index in [-0.39, 0.29) is 24.0 Å². The number of aromatic amines is 1. The Balaban J connectivity index is 1.52. The predicted molar refractivity (Wildman–Crippen MR) is 99.1 cm³/mol. The zero-order chi connectivity index (χ0) is 18.0. The lowest BCUT2D eigenvalue weighted by Crippen LogP contribution is -2.47. The summed E-state index contributed by atoms with van der Waals surface area (Å²) >= 11 is 0. The highest BCUT2D eigenvalue weighted by Crippen LogP contribution is 2.48. The second-order valence-corrected chi connectivity index (χ2v) is 7.37. The van der Waals surface area contributed by atoms with Gasteiger partial charge in [-0.2, -0.15) is 0 Å². The van der Waals surface area contributed by atoms with E-state index in [0.29, 0.717) is 12.3 Å². The Morgan fingerprint density at radius 1 is 1.19 bits per heavy atom. The van der Waals surface area contributed by atoms with Gasteiger partial charge in [-0.15, -0.1) is 0 Å². The maximum atomic E-state index is 12.6. The molecular formula is C21H26N2O3. The summed E-state index contributed by atoms with van der Waals surface area (Å²) < 4.78 is 5.88. The number of carbonyl (C=O) groups is 1. The summed E-state index contributed by atoms with van der Waals surface area (Å²) in [5, 5.41) is 9.08. The number of amides is 1. The van der Waals surface area contributed by atoms with E-state index < -0.39 is 0 Å². The minimum absolute atomic E-state index is 0.0552. The lowest BCUT2D eigenvalue weighted by Gasteiger charge is -2.47. The number of benzene rings is 1. The van der Waals surface area contributed by atoms with Crippen molar-refractivity contribution < 1.29 is 14.6 Å². The molecular weight excluding hydrogens is 328 g/mol. The molecule has 138 valence electrons. The Morgan fingerprint density at radius 2 is 2.00 bits per heavy atom. The van der Waals surface area contributed by atoms with Crippen molar-refractivity contribution in [1.82, 2.24) is 9.88 Å². The van der Waals surface area contributed by atoms with Gasteiger partial charge < -0.3 is 19.7 Å². The molecule has 2 aromatic rings. The third kappa shape index (κ3) is 3.06. The van der Waals surface area contributed by atoms with Gasteiger partial charge in [0, 0.05) is 19.3 Å². The first-order valence-corrected chi connectivity index (χ1v) is 9.48. The highest BCUT2D eigenvalue weighted by Gasteiger charge is 2.42. The number of aliphatic hydroxyl groups excluding tert-OH is 1. The van der Waals surface area contributed by atoms with E-state index in [0.717, 1.165) is 38.8 Å². The monoisotopic (exact) mass is 354 g/mol. The molecule has 1 spiro atoms. The van der Waals surface area contributed by atoms with Crippen molar-refractivity contribution >= 4 is 5.91 Å². The number of fused-ring (bicyclic) bond motifs is 2. The van der Waals surface area contributed by atoms with Crippen molar-refractivity contribution in [3.63, 3.8) is 0 Å². The van der Waals surface area contributed by atoms with E-state index in [9.17, 15) is 4.79 Å². The zero-order valence-corrected chi connectivity index (χ0v) is 15.0. The molecule has 1 amide bonds. The van der Waals surface area contributed by atoms with Crippen LogP contribution < -0.4 is 0 Å². The maximum absolute atomic E-state index is 12.6. The number of nitrogens with one attached hydrogen (secondary N) is 1. The van der Waals surface area contributed by atoms with Gasteiger partial charge in [0.2, 0.25) is 0 Å². The number of nitrogens with zero attached hydrogens (tertiary/aromatic N) is 1. The summed E-state index contributed by atoms with van der Waals surface area (Å²) in [5.74, 6) is 0.0955. The minimum atomic E-state index is 0.0552. The minimum Gasteiger partial charge on any atom is -0.394 e. The van der Waals surface area contributed by atoms with Gasteiger partial charge in [0.25, 0.3) is 5.91 Å². The van der Waals surface area contributed by atoms with Gasteiger partial charge in [0.05, 0.1) is 19.3 Å². The van der Waals surface area contributed by atoms with Crippen molar-refractivity contribution in [1.29, 1.82) is 0 Å². The van der Waals surface area contributed by atoms with Gasteiger partial charge in [0.1, 0.15) is 5.69 Å². The van der Waals surface area contributed by atoms with Crippen molar-refractivity contribution in [3.05, 3.63) is 59.4 Å². The first-order chi connectivity index (χ1) is 12.7. The third-order valence-electron chi connectivity index (χ3n) is 6.01. The number of aromatic nitrogens is 1. The normalized spacial score (nSPS) is 21.6. The third-order valence-corrected chi connectivity index (χ3v) is 6.01. The SMILES string of the molecule is O=C(c1ccc[nH]1)N1CCC2(CC[C@H](OCCO)c3ccccc32)CC1. The van der Waals surface area contributed by atoms with E-state index in [1.165, 1.54) is 11.1 Å². The number of rotatable bonds is 4. The van der Waals surface area contributed by atoms with Crippen molar-refractivity contribution in [3.8, 4) is 0 Å². The summed E-state index contributed by atoms with van der Waals surface area (Å²) in [6, 6.07) is 12.3. The Kier molecular flexibility index (Phi) is 4.83. The molecule has 1 aromatic heterocycles. The lowest BCUT2D eigenvalue weighted by atomic mass is 9.64. The number of hydrogen-bond acceptors (Lipinski definition) is 3. The largest absolute Gasteiger partial charge is 0.394 e. The summed E-state index contributed by atoms with van der Waals surface area (Å²) in [7, 11) is 0. The lowest BCUT2D eigenvalue weighted by molar-refractivity contribution is 0.00546. The number of H-pyrrole nitrogens is 1. The molecule has 1 aromatic carbocycles. The summed E-state index contributed by atoms with van der Waals surface area (Å²) in [6.45, 7) is 2.01. The van der Waals surface area contributed by atoms with Crippen LogP contribution >= 0.6 is 0 Å². The van der Waals surface area contributed by atoms with Gasteiger partial charge >= 0.3 is 0 Å². The second-order valence-electron chi connectivity index (χ2n) is 7.37. The molecule has 1 aliphatic heterocycles. The van der Waals surface area contributed by atoms with Crippen LogP contribution in [0.15, 0.2) is 42.6 Å². The van der Waals surface area contributed by atoms with Crippen LogP contribution in [0.1, 0.15) is 53.4 Å². The number of piperidine rings is 1. The van der Waals surface area contributed by atoms with Crippen molar-refractivity contribution in [2.24, 2.45) is 0 Å². The molecule has 0 saturated carbocycles. The molecule has 0 unspecified atom stereocenters. The Morgan fingerprint density at radius 3 is 2.73 bits per heavy atom. The van der Waals surface area contributed by atoms with Crippen LogP contribution in [0.3, 0.4) is 0 Å². The fourth-order valence-corrected chi connectivity index (χ4v) is 4.62. The molecule has 2 aliphatic rings. The molecule has 2 N–H and O–H groups in total. The van der Waals surface area contributed by atoms with Crippen molar-refractivity contribution in [2.75, 3.05) is 26.3 Å². The quantitative estimate of drug-likeness (QED) is 0.887. The molecule has 0 bridgehead atoms. The molecule has 2 heterocycles. The number of likely N-dealkylation sites (tertiary alicyclic amines) is 1. The molecule has 26 heavy (non-hydrogen) atoms. The van der Waals surface area contributed by atoms with Crippen LogP contribution in [-0.2, 0) is 10.2 Å².